The van der Waals surface area contributed by atoms with E-state index in [1.54, 1.807) is 0 Å². The molecule has 0 spiro atoms. The molecule has 2 aromatic rings. The second-order valence-electron chi connectivity index (χ2n) is 6.20. The lowest BCUT2D eigenvalue weighted by atomic mass is 9.86. The van der Waals surface area contributed by atoms with Crippen molar-refractivity contribution in [3.63, 3.8) is 0 Å². The maximum atomic E-state index is 3.94. The summed E-state index contributed by atoms with van der Waals surface area (Å²) in [4.78, 5) is 3.66. The third-order valence-electron chi connectivity index (χ3n) is 4.75. The lowest BCUT2D eigenvalue weighted by molar-refractivity contribution is 0.677. The number of aromatic amines is 1. The summed E-state index contributed by atoms with van der Waals surface area (Å²) in [7, 11) is 0. The fourth-order valence-electron chi connectivity index (χ4n) is 3.81. The molecule has 0 bridgehead atoms. The van der Waals surface area contributed by atoms with Gasteiger partial charge >= 0.3 is 0 Å². The van der Waals surface area contributed by atoms with E-state index in [1.807, 2.05) is 11.8 Å². The Morgan fingerprint density at radius 3 is 2.95 bits per heavy atom. The Labute approximate surface area is 137 Å². The predicted octanol–water partition coefficient (Wildman–Crippen LogP) is 5.92. The van der Waals surface area contributed by atoms with Gasteiger partial charge in [0.25, 0.3) is 0 Å². The van der Waals surface area contributed by atoms with Crippen LogP contribution in [0.4, 0.5) is 0 Å². The van der Waals surface area contributed by atoms with Gasteiger partial charge in [0.1, 0.15) is 0 Å². The highest BCUT2D eigenvalue weighted by atomic mass is 32.2. The minimum atomic E-state index is 0.636. The highest BCUT2D eigenvalue weighted by Gasteiger charge is 2.23. The SMILES string of the molecule is C=C=C1CCCc2[nH]c3cccc(C(CCC)CSC)c3c21. The Balaban J connectivity index is 2.23. The summed E-state index contributed by atoms with van der Waals surface area (Å²) in [6, 6.07) is 6.77. The Morgan fingerprint density at radius 2 is 2.23 bits per heavy atom. The molecule has 1 unspecified atom stereocenters. The Morgan fingerprint density at radius 1 is 1.36 bits per heavy atom. The molecule has 22 heavy (non-hydrogen) atoms. The maximum absolute atomic E-state index is 3.94. The van der Waals surface area contributed by atoms with Gasteiger partial charge in [-0.05, 0) is 55.2 Å². The number of rotatable bonds is 5. The van der Waals surface area contributed by atoms with Crippen molar-refractivity contribution in [3.8, 4) is 0 Å². The summed E-state index contributed by atoms with van der Waals surface area (Å²) < 4.78 is 0. The normalized spacial score (nSPS) is 15.6. The van der Waals surface area contributed by atoms with Crippen LogP contribution in [0.2, 0.25) is 0 Å². The van der Waals surface area contributed by atoms with Gasteiger partial charge in [0.05, 0.1) is 0 Å². The molecule has 0 amide bonds. The molecule has 1 aromatic heterocycles. The summed E-state index contributed by atoms with van der Waals surface area (Å²) in [6.45, 7) is 6.22. The largest absolute Gasteiger partial charge is 0.358 e. The minimum Gasteiger partial charge on any atom is -0.358 e. The number of benzene rings is 1. The summed E-state index contributed by atoms with van der Waals surface area (Å²) in [5, 5.41) is 1.44. The zero-order valence-corrected chi connectivity index (χ0v) is 14.5. The van der Waals surface area contributed by atoms with Crippen molar-refractivity contribution < 1.29 is 0 Å². The van der Waals surface area contributed by atoms with Crippen LogP contribution in [0.15, 0.2) is 30.5 Å². The number of H-pyrrole nitrogens is 1. The lowest BCUT2D eigenvalue weighted by Gasteiger charge is -2.19. The van der Waals surface area contributed by atoms with Gasteiger partial charge in [-0.15, -0.1) is 5.73 Å². The van der Waals surface area contributed by atoms with E-state index in [1.165, 1.54) is 58.3 Å². The molecule has 0 fully saturated rings. The van der Waals surface area contributed by atoms with Crippen molar-refractivity contribution in [2.45, 2.75) is 44.9 Å². The number of fused-ring (bicyclic) bond motifs is 3. The molecule has 1 heterocycles. The number of aryl methyl sites for hydroxylation is 1. The molecule has 1 nitrogen and oxygen atoms in total. The minimum absolute atomic E-state index is 0.636. The molecule has 0 saturated heterocycles. The van der Waals surface area contributed by atoms with Crippen LogP contribution in [0.5, 0.6) is 0 Å². The first-order chi connectivity index (χ1) is 10.8. The smallest absolute Gasteiger partial charge is 0.0465 e. The first-order valence-electron chi connectivity index (χ1n) is 8.31. The van der Waals surface area contributed by atoms with Crippen LogP contribution in [-0.2, 0) is 6.42 Å². The Bertz CT molecular complexity index is 713. The maximum Gasteiger partial charge on any atom is 0.0465 e. The van der Waals surface area contributed by atoms with Gasteiger partial charge in [-0.25, -0.2) is 0 Å². The highest BCUT2D eigenvalue weighted by Crippen LogP contribution is 2.40. The van der Waals surface area contributed by atoms with Crippen LogP contribution in [0.25, 0.3) is 16.5 Å². The fraction of sp³-hybridized carbons (Fsp3) is 0.450. The van der Waals surface area contributed by atoms with Crippen LogP contribution in [0.1, 0.15) is 55.3 Å². The zero-order chi connectivity index (χ0) is 15.5. The van der Waals surface area contributed by atoms with Crippen molar-refractivity contribution in [3.05, 3.63) is 47.3 Å². The van der Waals surface area contributed by atoms with Crippen molar-refractivity contribution in [2.24, 2.45) is 0 Å². The van der Waals surface area contributed by atoms with Crippen LogP contribution in [0, 0.1) is 0 Å². The van der Waals surface area contributed by atoms with Crippen LogP contribution >= 0.6 is 11.8 Å². The third-order valence-corrected chi connectivity index (χ3v) is 5.48. The number of thioether (sulfide) groups is 1. The molecular formula is C20H25NS. The Kier molecular flexibility index (Phi) is 4.81. The van der Waals surface area contributed by atoms with Crippen LogP contribution in [0.3, 0.4) is 0 Å². The first kappa shape index (κ1) is 15.5. The topological polar surface area (TPSA) is 15.8 Å². The van der Waals surface area contributed by atoms with E-state index in [9.17, 15) is 0 Å². The summed E-state index contributed by atoms with van der Waals surface area (Å²) >= 11 is 1.95. The molecule has 0 saturated carbocycles. The average Bonchev–Trinajstić information content (AvgIpc) is 2.93. The lowest BCUT2D eigenvalue weighted by Crippen LogP contribution is -2.04. The van der Waals surface area contributed by atoms with Gasteiger partial charge in [0.2, 0.25) is 0 Å². The number of hydrogen-bond donors (Lipinski definition) is 1. The van der Waals surface area contributed by atoms with E-state index in [0.717, 1.165) is 12.8 Å². The van der Waals surface area contributed by atoms with E-state index in [-0.39, 0.29) is 0 Å². The average molecular weight is 311 g/mol. The molecule has 2 heteroatoms. The monoisotopic (exact) mass is 311 g/mol. The van der Waals surface area contributed by atoms with Gasteiger partial charge in [-0.2, -0.15) is 11.8 Å². The summed E-state index contributed by atoms with van der Waals surface area (Å²) in [6.07, 6.45) is 8.17. The van der Waals surface area contributed by atoms with Gasteiger partial charge in [0, 0.05) is 27.7 Å². The van der Waals surface area contributed by atoms with E-state index >= 15 is 0 Å². The van der Waals surface area contributed by atoms with Crippen molar-refractivity contribution in [1.82, 2.24) is 4.98 Å². The quantitative estimate of drug-likeness (QED) is 0.678. The molecule has 1 aromatic carbocycles. The molecule has 3 rings (SSSR count). The highest BCUT2D eigenvalue weighted by molar-refractivity contribution is 7.98. The number of aromatic nitrogens is 1. The second-order valence-corrected chi connectivity index (χ2v) is 7.11. The number of hydrogen-bond acceptors (Lipinski definition) is 1. The molecule has 1 aliphatic rings. The van der Waals surface area contributed by atoms with Crippen LogP contribution in [-0.4, -0.2) is 17.0 Å². The van der Waals surface area contributed by atoms with Crippen molar-refractivity contribution in [2.75, 3.05) is 12.0 Å². The standard InChI is InChI=1S/C20H25NS/c1-4-8-15(13-22-3)16-10-7-12-18-20(16)19-14(5-2)9-6-11-17(19)21-18/h7,10,12,15,21H,2,4,6,8-9,11,13H2,1,3H3. The second kappa shape index (κ2) is 6.81. The van der Waals surface area contributed by atoms with E-state index < -0.39 is 0 Å². The molecule has 0 aliphatic heterocycles. The molecule has 1 atom stereocenters. The van der Waals surface area contributed by atoms with Crippen LogP contribution < -0.4 is 0 Å². The predicted molar refractivity (Wildman–Crippen MR) is 99.8 cm³/mol. The molecule has 116 valence electrons. The summed E-state index contributed by atoms with van der Waals surface area (Å²) in [5.74, 6) is 1.83. The molecular weight excluding hydrogens is 286 g/mol. The van der Waals surface area contributed by atoms with E-state index in [4.69, 9.17) is 0 Å². The first-order valence-corrected chi connectivity index (χ1v) is 9.71. The number of nitrogens with one attached hydrogen (secondary N) is 1. The third kappa shape index (κ3) is 2.66. The van der Waals surface area contributed by atoms with Crippen molar-refractivity contribution in [1.29, 1.82) is 0 Å². The summed E-state index contributed by atoms with van der Waals surface area (Å²) in [5.41, 5.74) is 10.1. The number of allylic oxidation sites excluding steroid dienone is 1. The zero-order valence-electron chi connectivity index (χ0n) is 13.7. The molecule has 1 aliphatic carbocycles. The fourth-order valence-corrected chi connectivity index (χ4v) is 4.56. The van der Waals surface area contributed by atoms with Crippen molar-refractivity contribution >= 4 is 28.2 Å². The van der Waals surface area contributed by atoms with Gasteiger partial charge in [-0.1, -0.05) is 32.1 Å². The van der Waals surface area contributed by atoms with Gasteiger partial charge in [0.15, 0.2) is 0 Å². The van der Waals surface area contributed by atoms with E-state index in [0.29, 0.717) is 5.92 Å². The van der Waals surface area contributed by atoms with Gasteiger partial charge in [-0.3, -0.25) is 0 Å². The van der Waals surface area contributed by atoms with Gasteiger partial charge < -0.3 is 4.98 Å². The van der Waals surface area contributed by atoms with E-state index in [2.05, 4.69) is 48.7 Å². The molecule has 0 radical (unpaired) electrons. The molecule has 1 N–H and O–H groups in total. The Hall–Kier alpha value is -1.37.